The first-order valence-electron chi connectivity index (χ1n) is 10.6. The molecular weight excluding hydrogens is 384 g/mol. The Morgan fingerprint density at radius 1 is 1.23 bits per heavy atom. The lowest BCUT2D eigenvalue weighted by Gasteiger charge is -2.22. The summed E-state index contributed by atoms with van der Waals surface area (Å²) in [5.74, 6) is -1.37. The molecule has 0 fully saturated rings. The summed E-state index contributed by atoms with van der Waals surface area (Å²) < 4.78 is 5.63. The number of hydrogen-bond acceptors (Lipinski definition) is 5. The fourth-order valence-electron chi connectivity index (χ4n) is 3.25. The van der Waals surface area contributed by atoms with Crippen molar-refractivity contribution in [2.75, 3.05) is 13.2 Å². The first-order valence-corrected chi connectivity index (χ1v) is 10.6. The molecule has 1 heterocycles. The predicted molar refractivity (Wildman–Crippen MR) is 113 cm³/mol. The average molecular weight is 417 g/mol. The number of ether oxygens (including phenoxy) is 1. The van der Waals surface area contributed by atoms with Crippen LogP contribution in [0.1, 0.15) is 57.1 Å². The van der Waals surface area contributed by atoms with E-state index < -0.39 is 12.0 Å². The topological polar surface area (TPSA) is 105 Å². The van der Waals surface area contributed by atoms with Crippen LogP contribution in [0, 0.1) is 5.92 Å². The first-order chi connectivity index (χ1) is 14.5. The second-order valence-corrected chi connectivity index (χ2v) is 7.64. The minimum absolute atomic E-state index is 0.0241. The van der Waals surface area contributed by atoms with Gasteiger partial charge in [-0.05, 0) is 38.2 Å². The Bertz CT molecular complexity index is 720. The Hall–Kier alpha value is -2.67. The molecule has 0 bridgehead atoms. The second kappa shape index (κ2) is 12.8. The van der Waals surface area contributed by atoms with Gasteiger partial charge < -0.3 is 20.5 Å². The third-order valence-corrected chi connectivity index (χ3v) is 4.98. The van der Waals surface area contributed by atoms with E-state index in [2.05, 4.69) is 10.6 Å². The summed E-state index contributed by atoms with van der Waals surface area (Å²) in [6, 6.07) is 8.94. The van der Waals surface area contributed by atoms with E-state index in [1.807, 2.05) is 42.5 Å². The number of carbonyl (C=O) groups excluding carboxylic acids is 3. The molecule has 0 saturated heterocycles. The van der Waals surface area contributed by atoms with Crippen LogP contribution in [0.25, 0.3) is 0 Å². The molecule has 1 aromatic carbocycles. The van der Waals surface area contributed by atoms with E-state index in [1.54, 1.807) is 6.92 Å². The van der Waals surface area contributed by atoms with Crippen LogP contribution < -0.4 is 10.6 Å². The van der Waals surface area contributed by atoms with Gasteiger partial charge in [-0.15, -0.1) is 0 Å². The normalized spacial score (nSPS) is 22.3. The Morgan fingerprint density at radius 3 is 2.73 bits per heavy atom. The number of hydrogen-bond donors (Lipinski definition) is 3. The fraction of sp³-hybridized carbons (Fsp3) is 0.522. The van der Waals surface area contributed by atoms with E-state index in [1.165, 1.54) is 0 Å². The van der Waals surface area contributed by atoms with Gasteiger partial charge in [0, 0.05) is 18.9 Å². The number of rotatable bonds is 5. The monoisotopic (exact) mass is 416 g/mol. The smallest absolute Gasteiger partial charge is 0.306 e. The van der Waals surface area contributed by atoms with E-state index in [0.717, 1.165) is 24.8 Å². The van der Waals surface area contributed by atoms with Crippen LogP contribution in [0.2, 0.25) is 0 Å². The maximum Gasteiger partial charge on any atom is 0.306 e. The summed E-state index contributed by atoms with van der Waals surface area (Å²) >= 11 is 0. The number of esters is 1. The zero-order valence-electron chi connectivity index (χ0n) is 17.5. The molecule has 0 spiro atoms. The molecule has 1 aliphatic heterocycles. The molecule has 7 nitrogen and oxygen atoms in total. The maximum atomic E-state index is 12.8. The summed E-state index contributed by atoms with van der Waals surface area (Å²) in [6.45, 7) is 1.68. The second-order valence-electron chi connectivity index (χ2n) is 7.64. The molecule has 0 radical (unpaired) electrons. The van der Waals surface area contributed by atoms with E-state index in [9.17, 15) is 14.4 Å². The highest BCUT2D eigenvalue weighted by molar-refractivity contribution is 5.86. The van der Waals surface area contributed by atoms with Crippen LogP contribution in [0.5, 0.6) is 0 Å². The number of nitrogens with one attached hydrogen (secondary N) is 2. The van der Waals surface area contributed by atoms with Crippen LogP contribution in [0.3, 0.4) is 0 Å². The van der Waals surface area contributed by atoms with Gasteiger partial charge in [0.05, 0.1) is 19.1 Å². The molecule has 3 atom stereocenters. The third-order valence-electron chi connectivity index (χ3n) is 4.98. The van der Waals surface area contributed by atoms with Crippen LogP contribution in [-0.4, -0.2) is 42.1 Å². The number of carbonyl (C=O) groups is 3. The fourth-order valence-corrected chi connectivity index (χ4v) is 3.25. The van der Waals surface area contributed by atoms with Crippen molar-refractivity contribution in [3.63, 3.8) is 0 Å². The summed E-state index contributed by atoms with van der Waals surface area (Å²) in [6.07, 6.45) is 6.54. The van der Waals surface area contributed by atoms with Crippen molar-refractivity contribution in [1.29, 1.82) is 0 Å². The molecular formula is C23H32N2O5. The molecule has 3 unspecified atom stereocenters. The Balaban J connectivity index is 2.11. The molecule has 0 aromatic heterocycles. The van der Waals surface area contributed by atoms with E-state index in [-0.39, 0.29) is 43.4 Å². The van der Waals surface area contributed by atoms with E-state index >= 15 is 0 Å². The molecule has 30 heavy (non-hydrogen) atoms. The van der Waals surface area contributed by atoms with Gasteiger partial charge in [-0.2, -0.15) is 0 Å². The van der Waals surface area contributed by atoms with Gasteiger partial charge in [-0.3, -0.25) is 14.4 Å². The van der Waals surface area contributed by atoms with Crippen molar-refractivity contribution in [1.82, 2.24) is 10.6 Å². The first kappa shape index (κ1) is 23.6. The van der Waals surface area contributed by atoms with Crippen LogP contribution in [0.15, 0.2) is 42.5 Å². The summed E-state index contributed by atoms with van der Waals surface area (Å²) in [5, 5.41) is 14.6. The van der Waals surface area contributed by atoms with Crippen LogP contribution in [-0.2, 0) is 19.1 Å². The minimum Gasteiger partial charge on any atom is -0.456 e. The molecule has 2 amide bonds. The van der Waals surface area contributed by atoms with Crippen molar-refractivity contribution in [2.24, 2.45) is 5.92 Å². The van der Waals surface area contributed by atoms with Gasteiger partial charge in [0.1, 0.15) is 6.10 Å². The van der Waals surface area contributed by atoms with Gasteiger partial charge in [0.2, 0.25) is 11.8 Å². The molecule has 2 rings (SSSR count). The van der Waals surface area contributed by atoms with Gasteiger partial charge in [0.25, 0.3) is 0 Å². The highest BCUT2D eigenvalue weighted by Crippen LogP contribution is 2.19. The number of aliphatic hydroxyl groups is 1. The number of allylic oxidation sites excluding steroid dienone is 2. The zero-order chi connectivity index (χ0) is 21.8. The molecule has 1 aliphatic rings. The largest absolute Gasteiger partial charge is 0.456 e. The molecule has 7 heteroatoms. The van der Waals surface area contributed by atoms with Gasteiger partial charge >= 0.3 is 5.97 Å². The predicted octanol–water partition coefficient (Wildman–Crippen LogP) is 2.41. The summed E-state index contributed by atoms with van der Waals surface area (Å²) in [4.78, 5) is 37.3. The maximum absolute atomic E-state index is 12.8. The minimum atomic E-state index is -0.579. The molecule has 0 saturated carbocycles. The SMILES string of the molecule is CC(CO)NC(=O)CC1CC=CCCCCC(=O)OC(c2ccccc2)CNC1=O. The van der Waals surface area contributed by atoms with Gasteiger partial charge in [-0.25, -0.2) is 0 Å². The standard InChI is InChI=1S/C23H32N2O5/c1-17(16-26)25-21(27)14-19-12-6-3-2-4-9-13-22(28)30-20(15-24-23(19)29)18-10-7-5-8-11-18/h3,5-8,10-11,17,19-20,26H,2,4,9,12-16H2,1H3,(H,24,29)(H,25,27). The van der Waals surface area contributed by atoms with Gasteiger partial charge in [-0.1, -0.05) is 42.5 Å². The van der Waals surface area contributed by atoms with Crippen molar-refractivity contribution in [3.05, 3.63) is 48.0 Å². The van der Waals surface area contributed by atoms with E-state index in [0.29, 0.717) is 12.8 Å². The van der Waals surface area contributed by atoms with E-state index in [4.69, 9.17) is 9.84 Å². The zero-order valence-corrected chi connectivity index (χ0v) is 17.5. The van der Waals surface area contributed by atoms with Crippen molar-refractivity contribution in [3.8, 4) is 0 Å². The van der Waals surface area contributed by atoms with Crippen molar-refractivity contribution in [2.45, 2.75) is 57.6 Å². The lowest BCUT2D eigenvalue weighted by atomic mass is 9.98. The molecule has 164 valence electrons. The number of cyclic esters (lactones) is 1. The average Bonchev–Trinajstić information content (AvgIpc) is 2.74. The third kappa shape index (κ3) is 8.37. The van der Waals surface area contributed by atoms with Crippen LogP contribution >= 0.6 is 0 Å². The Morgan fingerprint density at radius 2 is 2.00 bits per heavy atom. The van der Waals surface area contributed by atoms with Crippen LogP contribution in [0.4, 0.5) is 0 Å². The molecule has 0 aliphatic carbocycles. The van der Waals surface area contributed by atoms with Crippen molar-refractivity contribution >= 4 is 17.8 Å². The lowest BCUT2D eigenvalue weighted by molar-refractivity contribution is -0.150. The lowest BCUT2D eigenvalue weighted by Crippen LogP contribution is -2.40. The molecule has 3 N–H and O–H groups in total. The summed E-state index contributed by atoms with van der Waals surface area (Å²) in [5.41, 5.74) is 0.809. The highest BCUT2D eigenvalue weighted by Gasteiger charge is 2.24. The number of benzene rings is 1. The Kier molecular flexibility index (Phi) is 10.1. The number of aliphatic hydroxyl groups excluding tert-OH is 1. The van der Waals surface area contributed by atoms with Gasteiger partial charge in [0.15, 0.2) is 0 Å². The molecule has 1 aromatic rings. The van der Waals surface area contributed by atoms with Crippen molar-refractivity contribution < 1.29 is 24.2 Å². The summed E-state index contributed by atoms with van der Waals surface area (Å²) in [7, 11) is 0. The quantitative estimate of drug-likeness (QED) is 0.505. The number of amides is 2. The highest BCUT2D eigenvalue weighted by atomic mass is 16.5. The Labute approximate surface area is 177 Å².